The van der Waals surface area contributed by atoms with Crippen molar-refractivity contribution in [3.63, 3.8) is 0 Å². The number of anilines is 2. The summed E-state index contributed by atoms with van der Waals surface area (Å²) in [6.07, 6.45) is 4.20. The number of nitrogens with one attached hydrogen (secondary N) is 1. The number of amides is 2. The van der Waals surface area contributed by atoms with Crippen molar-refractivity contribution in [1.29, 1.82) is 0 Å². The van der Waals surface area contributed by atoms with E-state index in [9.17, 15) is 9.59 Å². The van der Waals surface area contributed by atoms with Gasteiger partial charge >= 0.3 is 6.09 Å². The van der Waals surface area contributed by atoms with Gasteiger partial charge in [0.15, 0.2) is 0 Å². The van der Waals surface area contributed by atoms with Crippen LogP contribution in [0.5, 0.6) is 0 Å². The lowest BCUT2D eigenvalue weighted by Crippen LogP contribution is -2.40. The van der Waals surface area contributed by atoms with Gasteiger partial charge < -0.3 is 15.0 Å². The van der Waals surface area contributed by atoms with Gasteiger partial charge in [-0.05, 0) is 58.2 Å². The lowest BCUT2D eigenvalue weighted by Gasteiger charge is -2.26. The van der Waals surface area contributed by atoms with Gasteiger partial charge in [0.25, 0.3) is 5.91 Å². The molecule has 4 rings (SSSR count). The van der Waals surface area contributed by atoms with Crippen molar-refractivity contribution < 1.29 is 14.3 Å². The molecule has 2 aliphatic heterocycles. The van der Waals surface area contributed by atoms with Crippen LogP contribution in [0.25, 0.3) is 0 Å². The first-order valence-electron chi connectivity index (χ1n) is 10.7. The molecule has 1 fully saturated rings. The summed E-state index contributed by atoms with van der Waals surface area (Å²) in [5.74, 6) is 0.420. The SMILES string of the molecule is CC(C)(C)OC(=O)N1CCc2ccc(C(=O)N3CC[C@@](C)(Nc4ncc(Cl)cn4)C3)cc21. The Bertz CT molecular complexity index is 1040. The molecule has 32 heavy (non-hydrogen) atoms. The van der Waals surface area contributed by atoms with Crippen LogP contribution >= 0.6 is 11.6 Å². The minimum absolute atomic E-state index is 0.0635. The number of likely N-dealkylation sites (tertiary alicyclic amines) is 1. The number of carbonyl (C=O) groups is 2. The summed E-state index contributed by atoms with van der Waals surface area (Å²) < 4.78 is 5.53. The predicted octanol–water partition coefficient (Wildman–Crippen LogP) is 4.14. The quantitative estimate of drug-likeness (QED) is 0.745. The van der Waals surface area contributed by atoms with Gasteiger partial charge in [0.1, 0.15) is 5.60 Å². The molecule has 2 amide bonds. The monoisotopic (exact) mass is 457 g/mol. The van der Waals surface area contributed by atoms with Crippen LogP contribution in [-0.2, 0) is 11.2 Å². The van der Waals surface area contributed by atoms with Crippen LogP contribution in [0.1, 0.15) is 50.0 Å². The van der Waals surface area contributed by atoms with Crippen molar-refractivity contribution in [2.24, 2.45) is 0 Å². The molecule has 0 spiro atoms. The topological polar surface area (TPSA) is 87.7 Å². The van der Waals surface area contributed by atoms with Gasteiger partial charge in [0.05, 0.1) is 28.6 Å². The van der Waals surface area contributed by atoms with E-state index in [-0.39, 0.29) is 17.5 Å². The van der Waals surface area contributed by atoms with Crippen molar-refractivity contribution in [3.8, 4) is 0 Å². The van der Waals surface area contributed by atoms with Crippen LogP contribution in [0.4, 0.5) is 16.4 Å². The lowest BCUT2D eigenvalue weighted by molar-refractivity contribution is 0.0583. The Morgan fingerprint density at radius 1 is 1.19 bits per heavy atom. The van der Waals surface area contributed by atoms with Crippen molar-refractivity contribution in [1.82, 2.24) is 14.9 Å². The van der Waals surface area contributed by atoms with E-state index in [1.54, 1.807) is 23.4 Å². The number of rotatable bonds is 3. The molecule has 1 aromatic carbocycles. The van der Waals surface area contributed by atoms with E-state index in [0.29, 0.717) is 36.2 Å². The molecule has 0 aliphatic carbocycles. The maximum atomic E-state index is 13.3. The fourth-order valence-corrected chi connectivity index (χ4v) is 4.18. The van der Waals surface area contributed by atoms with Crippen LogP contribution in [0.2, 0.25) is 5.02 Å². The molecule has 0 unspecified atom stereocenters. The first kappa shape index (κ1) is 22.3. The van der Waals surface area contributed by atoms with Crippen molar-refractivity contribution in [2.75, 3.05) is 29.9 Å². The summed E-state index contributed by atoms with van der Waals surface area (Å²) in [6, 6.07) is 5.58. The summed E-state index contributed by atoms with van der Waals surface area (Å²) in [6.45, 7) is 9.26. The highest BCUT2D eigenvalue weighted by Gasteiger charge is 2.37. The Balaban J connectivity index is 1.47. The van der Waals surface area contributed by atoms with Crippen LogP contribution in [0.15, 0.2) is 30.6 Å². The Hall–Kier alpha value is -2.87. The van der Waals surface area contributed by atoms with E-state index in [4.69, 9.17) is 16.3 Å². The standard InChI is InChI=1S/C23H28ClN5O3/c1-22(2,3)32-21(31)29-9-7-15-5-6-16(11-18(15)29)19(30)28-10-8-23(4,14-28)27-20-25-12-17(24)13-26-20/h5-6,11-13H,7-10,14H2,1-4H3,(H,25,26,27)/t23-/m1/s1. The normalized spacial score (nSPS) is 20.3. The largest absolute Gasteiger partial charge is 0.443 e. The van der Waals surface area contributed by atoms with Crippen molar-refractivity contribution >= 4 is 35.2 Å². The molecule has 8 nitrogen and oxygen atoms in total. The smallest absolute Gasteiger partial charge is 0.414 e. The Kier molecular flexibility index (Phi) is 5.75. The molecule has 1 atom stereocenters. The van der Waals surface area contributed by atoms with Crippen molar-refractivity contribution in [3.05, 3.63) is 46.7 Å². The number of halogens is 1. The highest BCUT2D eigenvalue weighted by molar-refractivity contribution is 6.30. The molecule has 3 heterocycles. The average molecular weight is 458 g/mol. The zero-order chi connectivity index (χ0) is 23.1. The van der Waals surface area contributed by atoms with Gasteiger partial charge in [-0.2, -0.15) is 0 Å². The van der Waals surface area contributed by atoms with Gasteiger partial charge in [0, 0.05) is 25.2 Å². The molecule has 1 aromatic heterocycles. The van der Waals surface area contributed by atoms with Crippen LogP contribution < -0.4 is 10.2 Å². The lowest BCUT2D eigenvalue weighted by atomic mass is 10.0. The molecule has 1 N–H and O–H groups in total. The highest BCUT2D eigenvalue weighted by atomic mass is 35.5. The molecule has 1 saturated heterocycles. The number of aromatic nitrogens is 2. The second-order valence-electron chi connectivity index (χ2n) is 9.61. The van der Waals surface area contributed by atoms with Crippen LogP contribution in [0.3, 0.4) is 0 Å². The van der Waals surface area contributed by atoms with E-state index < -0.39 is 5.60 Å². The van der Waals surface area contributed by atoms with Gasteiger partial charge in [0.2, 0.25) is 5.95 Å². The number of benzene rings is 1. The second kappa shape index (κ2) is 8.24. The minimum atomic E-state index is -0.575. The van der Waals surface area contributed by atoms with E-state index in [1.807, 2.05) is 44.7 Å². The van der Waals surface area contributed by atoms with Gasteiger partial charge in [-0.25, -0.2) is 14.8 Å². The first-order valence-corrected chi connectivity index (χ1v) is 11.1. The highest BCUT2D eigenvalue weighted by Crippen LogP contribution is 2.32. The molecule has 0 radical (unpaired) electrons. The summed E-state index contributed by atoms with van der Waals surface area (Å²) >= 11 is 5.86. The number of carbonyl (C=O) groups excluding carboxylic acids is 2. The summed E-state index contributed by atoms with van der Waals surface area (Å²) in [4.78, 5) is 37.7. The number of hydrogen-bond donors (Lipinski definition) is 1. The fraction of sp³-hybridized carbons (Fsp3) is 0.478. The van der Waals surface area contributed by atoms with Gasteiger partial charge in [-0.1, -0.05) is 17.7 Å². The molecular formula is C23H28ClN5O3. The third kappa shape index (κ3) is 4.80. The number of nitrogens with zero attached hydrogens (tertiary/aromatic N) is 4. The predicted molar refractivity (Wildman–Crippen MR) is 123 cm³/mol. The van der Waals surface area contributed by atoms with E-state index in [2.05, 4.69) is 15.3 Å². The fourth-order valence-electron chi connectivity index (χ4n) is 4.08. The van der Waals surface area contributed by atoms with E-state index >= 15 is 0 Å². The Morgan fingerprint density at radius 3 is 2.59 bits per heavy atom. The van der Waals surface area contributed by atoms with Gasteiger partial charge in [-0.3, -0.25) is 9.69 Å². The molecular weight excluding hydrogens is 430 g/mol. The molecule has 170 valence electrons. The second-order valence-corrected chi connectivity index (χ2v) is 10.0. The summed E-state index contributed by atoms with van der Waals surface area (Å²) in [7, 11) is 0. The molecule has 0 saturated carbocycles. The maximum absolute atomic E-state index is 13.3. The zero-order valence-corrected chi connectivity index (χ0v) is 19.6. The van der Waals surface area contributed by atoms with Crippen LogP contribution in [0, 0.1) is 0 Å². The third-order valence-corrected chi connectivity index (χ3v) is 5.83. The summed E-state index contributed by atoms with van der Waals surface area (Å²) in [5.41, 5.74) is 1.43. The first-order chi connectivity index (χ1) is 15.0. The Labute approximate surface area is 192 Å². The van der Waals surface area contributed by atoms with Gasteiger partial charge in [-0.15, -0.1) is 0 Å². The van der Waals surface area contributed by atoms with Crippen LogP contribution in [-0.4, -0.2) is 57.6 Å². The third-order valence-electron chi connectivity index (χ3n) is 5.64. The van der Waals surface area contributed by atoms with Crippen molar-refractivity contribution in [2.45, 2.75) is 51.7 Å². The maximum Gasteiger partial charge on any atom is 0.414 e. The Morgan fingerprint density at radius 2 is 1.91 bits per heavy atom. The molecule has 2 aromatic rings. The zero-order valence-electron chi connectivity index (χ0n) is 18.8. The average Bonchev–Trinajstić information content (AvgIpc) is 3.31. The molecule has 2 aliphatic rings. The molecule has 0 bridgehead atoms. The molecule has 9 heteroatoms. The summed E-state index contributed by atoms with van der Waals surface area (Å²) in [5, 5.41) is 3.80. The van der Waals surface area contributed by atoms with E-state index in [0.717, 1.165) is 24.1 Å². The minimum Gasteiger partial charge on any atom is -0.443 e. The number of ether oxygens (including phenoxy) is 1. The number of hydrogen-bond acceptors (Lipinski definition) is 6. The number of fused-ring (bicyclic) bond motifs is 1. The van der Waals surface area contributed by atoms with E-state index in [1.165, 1.54) is 0 Å².